The fourth-order valence-corrected chi connectivity index (χ4v) is 5.55. The summed E-state index contributed by atoms with van der Waals surface area (Å²) in [6, 6.07) is 0. The van der Waals surface area contributed by atoms with Gasteiger partial charge in [-0.1, -0.05) is 48.0 Å². The molecule has 0 aromatic rings. The first-order chi connectivity index (χ1) is 12.0. The summed E-state index contributed by atoms with van der Waals surface area (Å²) in [5.74, 6) is 2.00. The molecular formula is C18H34N4S4. The second-order valence-electron chi connectivity index (χ2n) is 9.02. The van der Waals surface area contributed by atoms with Crippen LogP contribution < -0.4 is 0 Å². The first-order valence-electron chi connectivity index (χ1n) is 9.32. The SMILES string of the molecule is CC(C)(C)N1CSC(=S)N(CCCCN2CN(C(C)(C)C)CSC2=S)C1. The third-order valence-corrected chi connectivity index (χ3v) is 8.01. The molecule has 0 aliphatic carbocycles. The van der Waals surface area contributed by atoms with Crippen LogP contribution in [-0.4, -0.2) is 77.5 Å². The molecule has 0 unspecified atom stereocenters. The zero-order chi connectivity index (χ0) is 19.5. The van der Waals surface area contributed by atoms with Gasteiger partial charge in [0.25, 0.3) is 0 Å². The maximum atomic E-state index is 5.57. The summed E-state index contributed by atoms with van der Waals surface area (Å²) in [5, 5.41) is 0. The highest BCUT2D eigenvalue weighted by molar-refractivity contribution is 8.23. The maximum Gasteiger partial charge on any atom is 0.138 e. The lowest BCUT2D eigenvalue weighted by molar-refractivity contribution is 0.102. The van der Waals surface area contributed by atoms with Crippen molar-refractivity contribution in [3.63, 3.8) is 0 Å². The smallest absolute Gasteiger partial charge is 0.138 e. The average Bonchev–Trinajstić information content (AvgIpc) is 2.52. The Kier molecular flexibility index (Phi) is 8.08. The van der Waals surface area contributed by atoms with Crippen LogP contribution in [0.5, 0.6) is 0 Å². The molecule has 0 bridgehead atoms. The maximum absolute atomic E-state index is 5.57. The van der Waals surface area contributed by atoms with E-state index in [9.17, 15) is 0 Å². The van der Waals surface area contributed by atoms with Crippen molar-refractivity contribution in [2.45, 2.75) is 65.5 Å². The van der Waals surface area contributed by atoms with Crippen LogP contribution in [0, 0.1) is 0 Å². The van der Waals surface area contributed by atoms with E-state index in [0.717, 1.165) is 59.7 Å². The third kappa shape index (κ3) is 6.48. The summed E-state index contributed by atoms with van der Waals surface area (Å²) >= 11 is 14.7. The van der Waals surface area contributed by atoms with Crippen LogP contribution in [0.2, 0.25) is 0 Å². The lowest BCUT2D eigenvalue weighted by Crippen LogP contribution is -2.53. The van der Waals surface area contributed by atoms with Gasteiger partial charge in [-0.3, -0.25) is 9.80 Å². The van der Waals surface area contributed by atoms with Crippen LogP contribution in [0.4, 0.5) is 0 Å². The average molecular weight is 435 g/mol. The van der Waals surface area contributed by atoms with Crippen LogP contribution in [-0.2, 0) is 0 Å². The van der Waals surface area contributed by atoms with E-state index in [0.29, 0.717) is 0 Å². The molecule has 0 N–H and O–H groups in total. The van der Waals surface area contributed by atoms with E-state index in [4.69, 9.17) is 24.4 Å². The predicted octanol–water partition coefficient (Wildman–Crippen LogP) is 4.47. The van der Waals surface area contributed by atoms with Crippen LogP contribution >= 0.6 is 48.0 Å². The molecule has 4 nitrogen and oxygen atoms in total. The Balaban J connectivity index is 1.76. The summed E-state index contributed by atoms with van der Waals surface area (Å²) in [6.45, 7) is 17.6. The Labute approximate surface area is 179 Å². The second-order valence-corrected chi connectivity index (χ2v) is 12.2. The van der Waals surface area contributed by atoms with Crippen molar-refractivity contribution in [2.75, 3.05) is 38.2 Å². The number of nitrogens with zero attached hydrogens (tertiary/aromatic N) is 4. The van der Waals surface area contributed by atoms with E-state index in [2.05, 4.69) is 61.1 Å². The van der Waals surface area contributed by atoms with Gasteiger partial charge in [0, 0.05) is 24.2 Å². The molecule has 2 heterocycles. The van der Waals surface area contributed by atoms with Gasteiger partial charge in [-0.15, -0.1) is 0 Å². The minimum Gasteiger partial charge on any atom is -0.344 e. The number of hydrogen-bond acceptors (Lipinski definition) is 6. The van der Waals surface area contributed by atoms with Crippen molar-refractivity contribution in [2.24, 2.45) is 0 Å². The van der Waals surface area contributed by atoms with E-state index in [1.54, 1.807) is 23.5 Å². The zero-order valence-corrected chi connectivity index (χ0v) is 20.3. The number of unbranched alkanes of at least 4 members (excludes halogenated alkanes) is 1. The molecule has 0 spiro atoms. The van der Waals surface area contributed by atoms with E-state index >= 15 is 0 Å². The van der Waals surface area contributed by atoms with Gasteiger partial charge in [-0.05, 0) is 54.4 Å². The molecule has 0 aromatic heterocycles. The monoisotopic (exact) mass is 434 g/mol. The fourth-order valence-electron chi connectivity index (χ4n) is 2.80. The predicted molar refractivity (Wildman–Crippen MR) is 126 cm³/mol. The fraction of sp³-hybridized carbons (Fsp3) is 0.889. The highest BCUT2D eigenvalue weighted by atomic mass is 32.2. The van der Waals surface area contributed by atoms with Crippen LogP contribution in [0.3, 0.4) is 0 Å². The molecule has 8 heteroatoms. The van der Waals surface area contributed by atoms with Crippen molar-refractivity contribution >= 4 is 56.6 Å². The summed E-state index contributed by atoms with van der Waals surface area (Å²) < 4.78 is 2.10. The number of rotatable bonds is 5. The van der Waals surface area contributed by atoms with Crippen molar-refractivity contribution < 1.29 is 0 Å². The van der Waals surface area contributed by atoms with Gasteiger partial charge in [0.15, 0.2) is 0 Å². The summed E-state index contributed by atoms with van der Waals surface area (Å²) in [6.07, 6.45) is 2.30. The molecule has 0 amide bonds. The van der Waals surface area contributed by atoms with E-state index in [-0.39, 0.29) is 11.1 Å². The van der Waals surface area contributed by atoms with Gasteiger partial charge >= 0.3 is 0 Å². The topological polar surface area (TPSA) is 13.0 Å². The highest BCUT2D eigenvalue weighted by Crippen LogP contribution is 2.27. The van der Waals surface area contributed by atoms with Crippen molar-refractivity contribution in [1.29, 1.82) is 0 Å². The standard InChI is InChI=1S/C18H34N4S4/c1-17(2,3)21-11-19(15(23)25-13-21)9-7-8-10-20-12-22(18(4,5)6)14-26-16(20)24/h7-14H2,1-6H3. The molecule has 0 atom stereocenters. The van der Waals surface area contributed by atoms with Gasteiger partial charge in [0.2, 0.25) is 0 Å². The number of hydrogen-bond donors (Lipinski definition) is 0. The summed E-state index contributed by atoms with van der Waals surface area (Å²) in [7, 11) is 0. The molecule has 0 radical (unpaired) electrons. The Bertz CT molecular complexity index is 466. The highest BCUT2D eigenvalue weighted by Gasteiger charge is 2.30. The Morgan fingerprint density at radius 3 is 1.38 bits per heavy atom. The van der Waals surface area contributed by atoms with Gasteiger partial charge in [0.05, 0.1) is 25.1 Å². The van der Waals surface area contributed by atoms with Crippen LogP contribution in [0.25, 0.3) is 0 Å². The van der Waals surface area contributed by atoms with Gasteiger partial charge in [-0.25, -0.2) is 0 Å². The lowest BCUT2D eigenvalue weighted by atomic mass is 10.1. The molecule has 150 valence electrons. The summed E-state index contributed by atoms with van der Waals surface area (Å²) in [4.78, 5) is 9.70. The molecule has 0 aromatic carbocycles. The first kappa shape index (κ1) is 22.7. The molecule has 2 fully saturated rings. The molecule has 2 saturated heterocycles. The van der Waals surface area contributed by atoms with E-state index in [1.165, 1.54) is 0 Å². The third-order valence-electron chi connectivity index (χ3n) is 4.89. The van der Waals surface area contributed by atoms with Crippen molar-refractivity contribution in [3.05, 3.63) is 0 Å². The molecule has 2 aliphatic rings. The van der Waals surface area contributed by atoms with Crippen molar-refractivity contribution in [1.82, 2.24) is 19.6 Å². The molecule has 2 aliphatic heterocycles. The van der Waals surface area contributed by atoms with Gasteiger partial charge in [0.1, 0.15) is 8.64 Å². The molecule has 2 rings (SSSR count). The Morgan fingerprint density at radius 2 is 1.08 bits per heavy atom. The minimum atomic E-state index is 0.189. The normalized spacial score (nSPS) is 21.6. The van der Waals surface area contributed by atoms with Gasteiger partial charge in [-0.2, -0.15) is 0 Å². The van der Waals surface area contributed by atoms with Crippen LogP contribution in [0.1, 0.15) is 54.4 Å². The van der Waals surface area contributed by atoms with Crippen molar-refractivity contribution in [3.8, 4) is 0 Å². The largest absolute Gasteiger partial charge is 0.344 e. The van der Waals surface area contributed by atoms with E-state index in [1.807, 2.05) is 0 Å². The first-order valence-corrected chi connectivity index (χ1v) is 12.1. The second kappa shape index (κ2) is 9.27. The molecular weight excluding hydrogens is 400 g/mol. The number of thiocarbonyl (C=S) groups is 2. The van der Waals surface area contributed by atoms with Crippen LogP contribution in [0.15, 0.2) is 0 Å². The quantitative estimate of drug-likeness (QED) is 0.458. The summed E-state index contributed by atoms with van der Waals surface area (Å²) in [5.41, 5.74) is 0.379. The Morgan fingerprint density at radius 1 is 0.731 bits per heavy atom. The molecule has 0 saturated carbocycles. The van der Waals surface area contributed by atoms with E-state index < -0.39 is 0 Å². The van der Waals surface area contributed by atoms with Gasteiger partial charge < -0.3 is 9.80 Å². The minimum absolute atomic E-state index is 0.189. The Hall–Kier alpha value is 0.400. The molecule has 26 heavy (non-hydrogen) atoms. The lowest BCUT2D eigenvalue weighted by Gasteiger charge is -2.44. The zero-order valence-electron chi connectivity index (χ0n) is 17.1. The number of thioether (sulfide) groups is 2.